The number of nitrogens with zero attached hydrogens (tertiary/aromatic N) is 1. The molecule has 2 aromatic carbocycles. The number of carbonyl (C=O) groups is 1. The first-order valence-corrected chi connectivity index (χ1v) is 12.7. The van der Waals surface area contributed by atoms with E-state index in [0.29, 0.717) is 49.0 Å². The first kappa shape index (κ1) is 23.6. The number of amides is 1. The van der Waals surface area contributed by atoms with Crippen LogP contribution in [0.5, 0.6) is 11.5 Å². The smallest absolute Gasteiger partial charge is 0.261 e. The van der Waals surface area contributed by atoms with Crippen molar-refractivity contribution in [1.82, 2.24) is 9.88 Å². The number of sulfonamides is 1. The van der Waals surface area contributed by atoms with Crippen LogP contribution in [0.25, 0.3) is 10.9 Å². The lowest BCUT2D eigenvalue weighted by molar-refractivity contribution is 0.0754. The van der Waals surface area contributed by atoms with Gasteiger partial charge in [0.05, 0.1) is 10.6 Å². The molecule has 1 amide bonds. The molecule has 1 aromatic heterocycles. The van der Waals surface area contributed by atoms with Crippen LogP contribution < -0.4 is 19.6 Å². The Kier molecular flexibility index (Phi) is 6.78. The first-order valence-electron chi connectivity index (χ1n) is 11.2. The predicted octanol–water partition coefficient (Wildman–Crippen LogP) is 3.36. The van der Waals surface area contributed by atoms with Crippen LogP contribution in [0.1, 0.15) is 37.0 Å². The fourth-order valence-electron chi connectivity index (χ4n) is 3.87. The lowest BCUT2D eigenvalue weighted by atomic mass is 10.1. The summed E-state index contributed by atoms with van der Waals surface area (Å²) in [5, 5.41) is 0.129. The van der Waals surface area contributed by atoms with Crippen LogP contribution >= 0.6 is 0 Å². The zero-order chi connectivity index (χ0) is 24.3. The molecule has 2 heterocycles. The number of carbonyl (C=O) groups excluding carboxylic acids is 1. The van der Waals surface area contributed by atoms with Crippen LogP contribution in [-0.2, 0) is 10.0 Å². The Balaban J connectivity index is 1.67. The van der Waals surface area contributed by atoms with Gasteiger partial charge in [0.1, 0.15) is 18.8 Å². The van der Waals surface area contributed by atoms with Crippen LogP contribution in [0.4, 0.5) is 5.69 Å². The molecule has 3 aromatic rings. The van der Waals surface area contributed by atoms with Gasteiger partial charge in [-0.15, -0.1) is 0 Å². The molecule has 0 saturated heterocycles. The van der Waals surface area contributed by atoms with Gasteiger partial charge in [-0.2, -0.15) is 0 Å². The number of hydrogen-bond donors (Lipinski definition) is 2. The van der Waals surface area contributed by atoms with Crippen LogP contribution in [0.3, 0.4) is 0 Å². The van der Waals surface area contributed by atoms with Gasteiger partial charge in [0.2, 0.25) is 5.43 Å². The van der Waals surface area contributed by atoms with Gasteiger partial charge < -0.3 is 19.4 Å². The van der Waals surface area contributed by atoms with E-state index in [-0.39, 0.29) is 21.8 Å². The molecular weight excluding hydrogens is 458 g/mol. The number of fused-ring (bicyclic) bond motifs is 2. The molecule has 180 valence electrons. The predicted molar refractivity (Wildman–Crippen MR) is 129 cm³/mol. The summed E-state index contributed by atoms with van der Waals surface area (Å²) in [5.41, 5.74) is 0.227. The number of pyridine rings is 1. The van der Waals surface area contributed by atoms with Gasteiger partial charge in [-0.3, -0.25) is 14.3 Å². The minimum atomic E-state index is -4.01. The Hall–Kier alpha value is -3.53. The van der Waals surface area contributed by atoms with Crippen molar-refractivity contribution >= 4 is 32.5 Å². The topological polar surface area (TPSA) is 118 Å². The van der Waals surface area contributed by atoms with E-state index in [1.807, 2.05) is 13.8 Å². The summed E-state index contributed by atoms with van der Waals surface area (Å²) in [6.07, 6.45) is 2.93. The van der Waals surface area contributed by atoms with Crippen molar-refractivity contribution in [2.75, 3.05) is 31.0 Å². The van der Waals surface area contributed by atoms with Gasteiger partial charge >= 0.3 is 0 Å². The largest absolute Gasteiger partial charge is 0.486 e. The molecule has 34 heavy (non-hydrogen) atoms. The minimum absolute atomic E-state index is 0.0104. The fourth-order valence-corrected chi connectivity index (χ4v) is 4.94. The summed E-state index contributed by atoms with van der Waals surface area (Å²) in [5.74, 6) is 0.631. The molecule has 0 unspecified atom stereocenters. The summed E-state index contributed by atoms with van der Waals surface area (Å²) < 4.78 is 39.6. The van der Waals surface area contributed by atoms with Crippen LogP contribution in [0.15, 0.2) is 52.3 Å². The minimum Gasteiger partial charge on any atom is -0.486 e. The molecule has 2 N–H and O–H groups in total. The molecule has 0 radical (unpaired) electrons. The normalized spacial score (nSPS) is 13.0. The van der Waals surface area contributed by atoms with Crippen LogP contribution in [-0.4, -0.2) is 50.5 Å². The van der Waals surface area contributed by atoms with Gasteiger partial charge in [-0.25, -0.2) is 8.42 Å². The molecular formula is C24H27N3O6S. The maximum absolute atomic E-state index is 13.2. The highest BCUT2D eigenvalue weighted by Gasteiger charge is 2.22. The number of nitrogens with one attached hydrogen (secondary N) is 2. The lowest BCUT2D eigenvalue weighted by Crippen LogP contribution is -2.35. The maximum Gasteiger partial charge on any atom is 0.261 e. The fraction of sp³-hybridized carbons (Fsp3) is 0.333. The van der Waals surface area contributed by atoms with Crippen molar-refractivity contribution in [2.24, 2.45) is 0 Å². The maximum atomic E-state index is 13.2. The first-order chi connectivity index (χ1) is 16.3. The van der Waals surface area contributed by atoms with Gasteiger partial charge in [0.15, 0.2) is 11.5 Å². The highest BCUT2D eigenvalue weighted by Crippen LogP contribution is 2.33. The number of H-pyrrole nitrogens is 1. The van der Waals surface area contributed by atoms with Gasteiger partial charge in [-0.1, -0.05) is 13.8 Å². The number of ether oxygens (including phenoxy) is 2. The number of benzene rings is 2. The summed E-state index contributed by atoms with van der Waals surface area (Å²) >= 11 is 0. The molecule has 1 aliphatic rings. The Morgan fingerprint density at radius 1 is 1.03 bits per heavy atom. The standard InChI is InChI=1S/C24H27N3O6S/c1-3-9-27(10-4-2)24(29)19-15-25-20-7-6-17(14-18(20)23(19)28)34(30,31)26-16-5-8-21-22(13-16)33-12-11-32-21/h5-8,13-15,26H,3-4,9-12H2,1-2H3,(H,25,28). The van der Waals surface area contributed by atoms with Crippen LogP contribution in [0.2, 0.25) is 0 Å². The summed E-state index contributed by atoms with van der Waals surface area (Å²) in [4.78, 5) is 30.6. The van der Waals surface area contributed by atoms with Gasteiger partial charge in [0, 0.05) is 36.3 Å². The van der Waals surface area contributed by atoms with Crippen molar-refractivity contribution in [3.05, 3.63) is 58.4 Å². The van der Waals surface area contributed by atoms with E-state index < -0.39 is 15.5 Å². The molecule has 0 bridgehead atoms. The molecule has 1 aliphatic heterocycles. The van der Waals surface area contributed by atoms with Crippen molar-refractivity contribution < 1.29 is 22.7 Å². The zero-order valence-corrected chi connectivity index (χ0v) is 19.9. The zero-order valence-electron chi connectivity index (χ0n) is 19.1. The molecule has 0 aliphatic carbocycles. The summed E-state index contributed by atoms with van der Waals surface area (Å²) in [7, 11) is -4.01. The Bertz CT molecular complexity index is 1380. The second-order valence-corrected chi connectivity index (χ2v) is 9.68. The van der Waals surface area contributed by atoms with E-state index in [0.717, 1.165) is 12.8 Å². The van der Waals surface area contributed by atoms with E-state index in [1.165, 1.54) is 24.4 Å². The quantitative estimate of drug-likeness (QED) is 0.505. The third-order valence-corrected chi connectivity index (χ3v) is 6.84. The Morgan fingerprint density at radius 3 is 2.44 bits per heavy atom. The Labute approximate surface area is 197 Å². The summed E-state index contributed by atoms with van der Waals surface area (Å²) in [6, 6.07) is 8.96. The van der Waals surface area contributed by atoms with Crippen molar-refractivity contribution in [3.63, 3.8) is 0 Å². The second kappa shape index (κ2) is 9.76. The van der Waals surface area contributed by atoms with Gasteiger partial charge in [0.25, 0.3) is 15.9 Å². The lowest BCUT2D eigenvalue weighted by Gasteiger charge is -2.21. The highest BCUT2D eigenvalue weighted by molar-refractivity contribution is 7.92. The van der Waals surface area contributed by atoms with Crippen LogP contribution in [0, 0.1) is 0 Å². The monoisotopic (exact) mass is 485 g/mol. The van der Waals surface area contributed by atoms with Crippen molar-refractivity contribution in [2.45, 2.75) is 31.6 Å². The molecule has 0 saturated carbocycles. The molecule has 10 heteroatoms. The molecule has 4 rings (SSSR count). The van der Waals surface area contributed by atoms with Crippen molar-refractivity contribution in [3.8, 4) is 11.5 Å². The third-order valence-electron chi connectivity index (χ3n) is 5.46. The number of aromatic amines is 1. The van der Waals surface area contributed by atoms with Gasteiger partial charge in [-0.05, 0) is 43.2 Å². The number of anilines is 1. The number of aromatic nitrogens is 1. The SMILES string of the molecule is CCCN(CCC)C(=O)c1c[nH]c2ccc(S(=O)(=O)Nc3ccc4c(c3)OCCO4)cc2c1=O. The average molecular weight is 486 g/mol. The van der Waals surface area contributed by atoms with E-state index >= 15 is 0 Å². The molecule has 0 atom stereocenters. The third kappa shape index (κ3) is 4.72. The summed E-state index contributed by atoms with van der Waals surface area (Å²) in [6.45, 7) is 5.82. The Morgan fingerprint density at radius 2 is 1.74 bits per heavy atom. The molecule has 0 spiro atoms. The number of hydrogen-bond acceptors (Lipinski definition) is 6. The van der Waals surface area contributed by atoms with E-state index in [9.17, 15) is 18.0 Å². The number of rotatable bonds is 8. The average Bonchev–Trinajstić information content (AvgIpc) is 2.83. The van der Waals surface area contributed by atoms with Crippen molar-refractivity contribution in [1.29, 1.82) is 0 Å². The highest BCUT2D eigenvalue weighted by atomic mass is 32.2. The van der Waals surface area contributed by atoms with E-state index in [1.54, 1.807) is 23.1 Å². The molecule has 0 fully saturated rings. The van der Waals surface area contributed by atoms with E-state index in [4.69, 9.17) is 9.47 Å². The second-order valence-electron chi connectivity index (χ2n) is 8.00. The molecule has 9 nitrogen and oxygen atoms in total. The van der Waals surface area contributed by atoms with E-state index in [2.05, 4.69) is 9.71 Å².